The van der Waals surface area contributed by atoms with E-state index in [1.807, 2.05) is 19.9 Å². The van der Waals surface area contributed by atoms with Crippen LogP contribution in [0.1, 0.15) is 24.5 Å². The second kappa shape index (κ2) is 5.61. The molecule has 1 fully saturated rings. The van der Waals surface area contributed by atoms with Crippen LogP contribution in [0.4, 0.5) is 0 Å². The molecule has 0 amide bonds. The first-order valence-corrected chi connectivity index (χ1v) is 8.19. The summed E-state index contributed by atoms with van der Waals surface area (Å²) in [4.78, 5) is 0.355. The third-order valence-electron chi connectivity index (χ3n) is 3.92. The number of benzene rings is 1. The van der Waals surface area contributed by atoms with Gasteiger partial charge in [0, 0.05) is 12.6 Å². The minimum absolute atomic E-state index is 0.0274. The Morgan fingerprint density at radius 3 is 2.63 bits per heavy atom. The van der Waals surface area contributed by atoms with Crippen molar-refractivity contribution in [2.45, 2.75) is 38.1 Å². The molecule has 19 heavy (non-hydrogen) atoms. The molecule has 106 valence electrons. The van der Waals surface area contributed by atoms with Crippen LogP contribution in [0.3, 0.4) is 0 Å². The molecule has 1 saturated heterocycles. The lowest BCUT2D eigenvalue weighted by Crippen LogP contribution is -2.50. The Balaban J connectivity index is 2.19. The Kier molecular flexibility index (Phi) is 4.28. The second-order valence-electron chi connectivity index (χ2n) is 5.44. The van der Waals surface area contributed by atoms with E-state index in [1.165, 1.54) is 0 Å². The minimum atomic E-state index is -3.42. The first-order valence-electron chi connectivity index (χ1n) is 6.70. The van der Waals surface area contributed by atoms with Crippen molar-refractivity contribution in [1.29, 1.82) is 0 Å². The van der Waals surface area contributed by atoms with Crippen LogP contribution in [-0.4, -0.2) is 27.5 Å². The van der Waals surface area contributed by atoms with Gasteiger partial charge in [0.15, 0.2) is 0 Å². The van der Waals surface area contributed by atoms with Gasteiger partial charge in [0.25, 0.3) is 0 Å². The molecule has 0 aliphatic carbocycles. The van der Waals surface area contributed by atoms with Crippen molar-refractivity contribution >= 4 is 10.0 Å². The highest BCUT2D eigenvalue weighted by atomic mass is 32.2. The molecule has 0 radical (unpaired) electrons. The van der Waals surface area contributed by atoms with Crippen LogP contribution < -0.4 is 10.0 Å². The summed E-state index contributed by atoms with van der Waals surface area (Å²) >= 11 is 0. The highest BCUT2D eigenvalue weighted by Gasteiger charge is 2.26. The smallest absolute Gasteiger partial charge is 0.240 e. The van der Waals surface area contributed by atoms with Gasteiger partial charge in [-0.2, -0.15) is 0 Å². The zero-order valence-electron chi connectivity index (χ0n) is 11.7. The van der Waals surface area contributed by atoms with Crippen LogP contribution in [-0.2, 0) is 10.0 Å². The molecule has 0 bridgehead atoms. The minimum Gasteiger partial charge on any atom is -0.315 e. The monoisotopic (exact) mass is 282 g/mol. The zero-order valence-corrected chi connectivity index (χ0v) is 12.5. The first kappa shape index (κ1) is 14.5. The van der Waals surface area contributed by atoms with Crippen molar-refractivity contribution in [2.24, 2.45) is 5.92 Å². The predicted octanol–water partition coefficient (Wildman–Crippen LogP) is 1.58. The number of hydrogen-bond donors (Lipinski definition) is 2. The van der Waals surface area contributed by atoms with Gasteiger partial charge in [-0.25, -0.2) is 13.1 Å². The topological polar surface area (TPSA) is 58.2 Å². The van der Waals surface area contributed by atoms with Gasteiger partial charge >= 0.3 is 0 Å². The van der Waals surface area contributed by atoms with Gasteiger partial charge in [-0.05, 0) is 56.0 Å². The summed E-state index contributed by atoms with van der Waals surface area (Å²) in [6.45, 7) is 7.66. The summed E-state index contributed by atoms with van der Waals surface area (Å²) in [6, 6.07) is 5.23. The van der Waals surface area contributed by atoms with E-state index >= 15 is 0 Å². The quantitative estimate of drug-likeness (QED) is 0.885. The fourth-order valence-electron chi connectivity index (χ4n) is 2.30. The van der Waals surface area contributed by atoms with Gasteiger partial charge in [0.2, 0.25) is 10.0 Å². The lowest BCUT2D eigenvalue weighted by Gasteiger charge is -2.30. The van der Waals surface area contributed by atoms with E-state index in [1.54, 1.807) is 12.1 Å². The van der Waals surface area contributed by atoms with Crippen molar-refractivity contribution in [1.82, 2.24) is 10.0 Å². The maximum atomic E-state index is 12.4. The molecule has 1 aliphatic rings. The standard InChI is InChI=1S/C14H22N2O2S/c1-10-4-5-13(8-12(10)3)19(17,18)16-14-9-15-7-6-11(14)2/h4-5,8,11,14-16H,6-7,9H2,1-3H3. The molecule has 2 unspecified atom stereocenters. The average Bonchev–Trinajstić information content (AvgIpc) is 2.35. The number of sulfonamides is 1. The molecule has 1 aromatic rings. The highest BCUT2D eigenvalue weighted by Crippen LogP contribution is 2.18. The summed E-state index contributed by atoms with van der Waals surface area (Å²) in [5.41, 5.74) is 2.10. The molecule has 2 N–H and O–H groups in total. The van der Waals surface area contributed by atoms with E-state index in [0.29, 0.717) is 17.4 Å². The first-order chi connectivity index (χ1) is 8.90. The predicted molar refractivity (Wildman–Crippen MR) is 76.7 cm³/mol. The lowest BCUT2D eigenvalue weighted by atomic mass is 9.96. The van der Waals surface area contributed by atoms with Crippen LogP contribution in [0.15, 0.2) is 23.1 Å². The maximum absolute atomic E-state index is 12.4. The van der Waals surface area contributed by atoms with Gasteiger partial charge in [-0.1, -0.05) is 13.0 Å². The van der Waals surface area contributed by atoms with Crippen molar-refractivity contribution in [2.75, 3.05) is 13.1 Å². The summed E-state index contributed by atoms with van der Waals surface area (Å²) in [7, 11) is -3.42. The SMILES string of the molecule is Cc1ccc(S(=O)(=O)NC2CNCCC2C)cc1C. The number of nitrogens with one attached hydrogen (secondary N) is 2. The number of rotatable bonds is 3. The van der Waals surface area contributed by atoms with Crippen LogP contribution in [0.2, 0.25) is 0 Å². The van der Waals surface area contributed by atoms with Crippen molar-refractivity contribution in [3.8, 4) is 0 Å². The molecule has 0 aromatic heterocycles. The van der Waals surface area contributed by atoms with E-state index in [9.17, 15) is 8.42 Å². The Hall–Kier alpha value is -0.910. The molecular formula is C14H22N2O2S. The fraction of sp³-hybridized carbons (Fsp3) is 0.571. The Morgan fingerprint density at radius 1 is 1.26 bits per heavy atom. The maximum Gasteiger partial charge on any atom is 0.240 e. The summed E-state index contributed by atoms with van der Waals surface area (Å²) in [5, 5.41) is 3.23. The highest BCUT2D eigenvalue weighted by molar-refractivity contribution is 7.89. The van der Waals surface area contributed by atoms with E-state index in [2.05, 4.69) is 17.0 Å². The van der Waals surface area contributed by atoms with Gasteiger partial charge < -0.3 is 5.32 Å². The molecule has 5 heteroatoms. The van der Waals surface area contributed by atoms with Crippen molar-refractivity contribution in [3.63, 3.8) is 0 Å². The molecule has 2 atom stereocenters. The normalized spacial score (nSPS) is 24.4. The average molecular weight is 282 g/mol. The van der Waals surface area contributed by atoms with E-state index in [4.69, 9.17) is 0 Å². The van der Waals surface area contributed by atoms with E-state index in [0.717, 1.165) is 24.1 Å². The summed E-state index contributed by atoms with van der Waals surface area (Å²) in [6.07, 6.45) is 1.00. The van der Waals surface area contributed by atoms with Crippen molar-refractivity contribution in [3.05, 3.63) is 29.3 Å². The molecule has 0 saturated carbocycles. The lowest BCUT2D eigenvalue weighted by molar-refractivity contribution is 0.327. The molecule has 4 nitrogen and oxygen atoms in total. The van der Waals surface area contributed by atoms with E-state index in [-0.39, 0.29) is 6.04 Å². The van der Waals surface area contributed by atoms with E-state index < -0.39 is 10.0 Å². The number of hydrogen-bond acceptors (Lipinski definition) is 3. The van der Waals surface area contributed by atoms with Gasteiger partial charge in [0.05, 0.1) is 4.90 Å². The second-order valence-corrected chi connectivity index (χ2v) is 7.16. The molecule has 2 rings (SSSR count). The van der Waals surface area contributed by atoms with Crippen LogP contribution in [0.5, 0.6) is 0 Å². The largest absolute Gasteiger partial charge is 0.315 e. The zero-order chi connectivity index (χ0) is 14.0. The number of piperidine rings is 1. The Morgan fingerprint density at radius 2 is 2.00 bits per heavy atom. The van der Waals surface area contributed by atoms with Crippen LogP contribution in [0.25, 0.3) is 0 Å². The number of aryl methyl sites for hydroxylation is 2. The van der Waals surface area contributed by atoms with Crippen LogP contribution in [0, 0.1) is 19.8 Å². The molecule has 1 heterocycles. The Labute approximate surface area is 115 Å². The van der Waals surface area contributed by atoms with Gasteiger partial charge in [0.1, 0.15) is 0 Å². The molecule has 1 aliphatic heterocycles. The summed E-state index contributed by atoms with van der Waals surface area (Å²) < 4.78 is 27.6. The summed E-state index contributed by atoms with van der Waals surface area (Å²) in [5.74, 6) is 0.363. The Bertz CT molecular complexity index is 555. The molecular weight excluding hydrogens is 260 g/mol. The van der Waals surface area contributed by atoms with Gasteiger partial charge in [-0.15, -0.1) is 0 Å². The molecule has 1 aromatic carbocycles. The van der Waals surface area contributed by atoms with Crippen LogP contribution >= 0.6 is 0 Å². The third kappa shape index (κ3) is 3.35. The fourth-order valence-corrected chi connectivity index (χ4v) is 3.73. The van der Waals surface area contributed by atoms with Crippen molar-refractivity contribution < 1.29 is 8.42 Å². The van der Waals surface area contributed by atoms with Gasteiger partial charge in [-0.3, -0.25) is 0 Å². The molecule has 0 spiro atoms. The third-order valence-corrected chi connectivity index (χ3v) is 5.41.